The summed E-state index contributed by atoms with van der Waals surface area (Å²) < 4.78 is 0. The van der Waals surface area contributed by atoms with Gasteiger partial charge in [-0.2, -0.15) is 0 Å². The summed E-state index contributed by atoms with van der Waals surface area (Å²) in [5.41, 5.74) is 19.7. The summed E-state index contributed by atoms with van der Waals surface area (Å²) >= 11 is 0. The summed E-state index contributed by atoms with van der Waals surface area (Å²) in [6.45, 7) is 4.55. The van der Waals surface area contributed by atoms with Gasteiger partial charge in [-0.05, 0) is 66.1 Å². The van der Waals surface area contributed by atoms with E-state index in [0.29, 0.717) is 0 Å². The molecule has 0 atom stereocenters. The lowest BCUT2D eigenvalue weighted by Gasteiger charge is -2.18. The van der Waals surface area contributed by atoms with Crippen molar-refractivity contribution in [1.29, 1.82) is 0 Å². The molecule has 0 radical (unpaired) electrons. The van der Waals surface area contributed by atoms with Gasteiger partial charge in [0.15, 0.2) is 0 Å². The van der Waals surface area contributed by atoms with Gasteiger partial charge in [-0.25, -0.2) is 0 Å². The third kappa shape index (κ3) is 8.05. The highest BCUT2D eigenvalue weighted by molar-refractivity contribution is 5.73. The molecule has 0 spiro atoms. The van der Waals surface area contributed by atoms with Crippen LogP contribution in [0.1, 0.15) is 102 Å². The molecule has 4 N–H and O–H groups in total. The zero-order chi connectivity index (χ0) is 21.6. The van der Waals surface area contributed by atoms with Gasteiger partial charge in [0, 0.05) is 11.4 Å². The molecule has 30 heavy (non-hydrogen) atoms. The zero-order valence-electron chi connectivity index (χ0n) is 19.5. The number of nitrogen functional groups attached to an aromatic ring is 2. The third-order valence-electron chi connectivity index (χ3n) is 6.25. The fraction of sp³-hybridized carbons (Fsp3) is 0.571. The second-order valence-corrected chi connectivity index (χ2v) is 8.82. The Balaban J connectivity index is 2.13. The summed E-state index contributed by atoms with van der Waals surface area (Å²) in [5.74, 6) is 0. The largest absolute Gasteiger partial charge is 0.399 e. The zero-order valence-corrected chi connectivity index (χ0v) is 19.5. The second kappa shape index (κ2) is 14.1. The monoisotopic (exact) mass is 408 g/mol. The standard InChI is InChI=1S/C28H44N2/c1-3-5-7-9-11-13-15-26-25(23-17-19-24(29)20-18-23)21-22-28(30)27(26)16-14-12-10-8-6-4-2/h17-22H,3-16,29-30H2,1-2H3. The van der Waals surface area contributed by atoms with E-state index in [1.165, 1.54) is 99.3 Å². The maximum absolute atomic E-state index is 6.50. The number of unbranched alkanes of at least 4 members (excludes halogenated alkanes) is 10. The Hall–Kier alpha value is -1.96. The quantitative estimate of drug-likeness (QED) is 0.230. The van der Waals surface area contributed by atoms with Crippen LogP contribution in [0.4, 0.5) is 11.4 Å². The van der Waals surface area contributed by atoms with Crippen LogP contribution in [0.3, 0.4) is 0 Å². The van der Waals surface area contributed by atoms with Crippen LogP contribution in [0.5, 0.6) is 0 Å². The Morgan fingerprint density at radius 1 is 0.533 bits per heavy atom. The molecule has 0 bridgehead atoms. The molecule has 0 amide bonds. The molecule has 0 saturated carbocycles. The average Bonchev–Trinajstić information content (AvgIpc) is 2.75. The maximum Gasteiger partial charge on any atom is 0.0349 e. The van der Waals surface area contributed by atoms with E-state index in [1.54, 1.807) is 0 Å². The summed E-state index contributed by atoms with van der Waals surface area (Å²) in [6, 6.07) is 12.7. The number of hydrogen-bond donors (Lipinski definition) is 2. The van der Waals surface area contributed by atoms with Crippen molar-refractivity contribution in [3.63, 3.8) is 0 Å². The summed E-state index contributed by atoms with van der Waals surface area (Å²) in [6.07, 6.45) is 18.1. The Labute approximate surface area is 185 Å². The second-order valence-electron chi connectivity index (χ2n) is 8.82. The van der Waals surface area contributed by atoms with E-state index in [0.717, 1.165) is 24.2 Å². The van der Waals surface area contributed by atoms with E-state index in [9.17, 15) is 0 Å². The smallest absolute Gasteiger partial charge is 0.0349 e. The van der Waals surface area contributed by atoms with Crippen LogP contribution in [0.2, 0.25) is 0 Å². The molecule has 0 saturated heterocycles. The number of rotatable bonds is 15. The highest BCUT2D eigenvalue weighted by Crippen LogP contribution is 2.33. The van der Waals surface area contributed by atoms with Crippen molar-refractivity contribution in [3.05, 3.63) is 47.5 Å². The van der Waals surface area contributed by atoms with E-state index in [1.807, 2.05) is 12.1 Å². The molecule has 0 aliphatic rings. The number of benzene rings is 2. The van der Waals surface area contributed by atoms with Crippen molar-refractivity contribution in [2.75, 3.05) is 11.5 Å². The molecule has 0 aliphatic carbocycles. The van der Waals surface area contributed by atoms with Gasteiger partial charge in [0.2, 0.25) is 0 Å². The highest BCUT2D eigenvalue weighted by Gasteiger charge is 2.13. The van der Waals surface area contributed by atoms with Crippen LogP contribution in [-0.4, -0.2) is 0 Å². The van der Waals surface area contributed by atoms with E-state index in [-0.39, 0.29) is 0 Å². The first kappa shape index (κ1) is 24.3. The van der Waals surface area contributed by atoms with Gasteiger partial charge >= 0.3 is 0 Å². The van der Waals surface area contributed by atoms with E-state index >= 15 is 0 Å². The van der Waals surface area contributed by atoms with Crippen LogP contribution in [0.25, 0.3) is 11.1 Å². The minimum Gasteiger partial charge on any atom is -0.399 e. The molecule has 2 rings (SSSR count). The molecule has 2 aromatic carbocycles. The van der Waals surface area contributed by atoms with Crippen molar-refractivity contribution in [1.82, 2.24) is 0 Å². The predicted octanol–water partition coefficient (Wildman–Crippen LogP) is 8.32. The summed E-state index contributed by atoms with van der Waals surface area (Å²) in [4.78, 5) is 0. The summed E-state index contributed by atoms with van der Waals surface area (Å²) in [5, 5.41) is 0. The van der Waals surface area contributed by atoms with Crippen molar-refractivity contribution in [2.45, 2.75) is 104 Å². The van der Waals surface area contributed by atoms with Crippen LogP contribution in [-0.2, 0) is 12.8 Å². The van der Waals surface area contributed by atoms with Gasteiger partial charge in [0.05, 0.1) is 0 Å². The fourth-order valence-electron chi connectivity index (χ4n) is 4.39. The molecule has 0 unspecified atom stereocenters. The lowest BCUT2D eigenvalue weighted by molar-refractivity contribution is 0.599. The van der Waals surface area contributed by atoms with E-state index in [2.05, 4.69) is 38.1 Å². The molecule has 0 heterocycles. The molecule has 0 aliphatic heterocycles. The van der Waals surface area contributed by atoms with Gasteiger partial charge in [0.1, 0.15) is 0 Å². The van der Waals surface area contributed by atoms with Crippen molar-refractivity contribution < 1.29 is 0 Å². The lowest BCUT2D eigenvalue weighted by atomic mass is 9.88. The molecule has 0 fully saturated rings. The van der Waals surface area contributed by atoms with Gasteiger partial charge in [-0.3, -0.25) is 0 Å². The van der Waals surface area contributed by atoms with Crippen LogP contribution in [0, 0.1) is 0 Å². The van der Waals surface area contributed by atoms with Crippen molar-refractivity contribution >= 4 is 11.4 Å². The molecule has 2 aromatic rings. The summed E-state index contributed by atoms with van der Waals surface area (Å²) in [7, 11) is 0. The van der Waals surface area contributed by atoms with E-state index < -0.39 is 0 Å². The molecular weight excluding hydrogens is 364 g/mol. The maximum atomic E-state index is 6.50. The van der Waals surface area contributed by atoms with Gasteiger partial charge < -0.3 is 11.5 Å². The average molecular weight is 409 g/mol. The number of nitrogens with two attached hydrogens (primary N) is 2. The van der Waals surface area contributed by atoms with Gasteiger partial charge in [-0.15, -0.1) is 0 Å². The molecule has 166 valence electrons. The molecule has 2 nitrogen and oxygen atoms in total. The van der Waals surface area contributed by atoms with E-state index in [4.69, 9.17) is 11.5 Å². The van der Waals surface area contributed by atoms with Crippen LogP contribution >= 0.6 is 0 Å². The fourth-order valence-corrected chi connectivity index (χ4v) is 4.39. The van der Waals surface area contributed by atoms with Crippen LogP contribution < -0.4 is 11.5 Å². The van der Waals surface area contributed by atoms with Crippen LogP contribution in [0.15, 0.2) is 36.4 Å². The van der Waals surface area contributed by atoms with Gasteiger partial charge in [0.25, 0.3) is 0 Å². The first-order chi connectivity index (χ1) is 14.7. The SMILES string of the molecule is CCCCCCCCc1c(N)ccc(-c2ccc(N)cc2)c1CCCCCCCC. The lowest BCUT2D eigenvalue weighted by Crippen LogP contribution is -2.04. The van der Waals surface area contributed by atoms with Crippen molar-refractivity contribution in [3.8, 4) is 11.1 Å². The predicted molar refractivity (Wildman–Crippen MR) is 135 cm³/mol. The van der Waals surface area contributed by atoms with Crippen molar-refractivity contribution in [2.24, 2.45) is 0 Å². The minimum absolute atomic E-state index is 0.818. The topological polar surface area (TPSA) is 52.0 Å². The molecular formula is C28H44N2. The number of hydrogen-bond acceptors (Lipinski definition) is 2. The molecule has 0 aromatic heterocycles. The Bertz CT molecular complexity index is 718. The van der Waals surface area contributed by atoms with Gasteiger partial charge in [-0.1, -0.05) is 96.3 Å². The normalized spacial score (nSPS) is 11.1. The first-order valence-corrected chi connectivity index (χ1v) is 12.4. The third-order valence-corrected chi connectivity index (χ3v) is 6.25. The molecule has 2 heteroatoms. The Kier molecular flexibility index (Phi) is 11.4. The Morgan fingerprint density at radius 3 is 1.60 bits per heavy atom. The minimum atomic E-state index is 0.818. The number of anilines is 2. The first-order valence-electron chi connectivity index (χ1n) is 12.4. The highest BCUT2D eigenvalue weighted by atomic mass is 14.6. The Morgan fingerprint density at radius 2 is 1.03 bits per heavy atom.